The molecule has 34 heavy (non-hydrogen) atoms. The maximum absolute atomic E-state index is 13.4. The van der Waals surface area contributed by atoms with E-state index in [0.717, 1.165) is 4.31 Å². The smallest absolute Gasteiger partial charge is 0.338 e. The van der Waals surface area contributed by atoms with Crippen LogP contribution in [0.3, 0.4) is 0 Å². The number of hydrogen-bond acceptors (Lipinski definition) is 5. The van der Waals surface area contributed by atoms with Crippen molar-refractivity contribution in [1.29, 1.82) is 0 Å². The standard InChI is InChI=1S/C24H22Cl2N2O5S/c1-3-33-24(30)19-10-7-11-22(16(19)2)27-23(29)15-28(17-12-13-20(25)21(26)14-17)34(31,32)18-8-5-4-6-9-18/h4-14H,3,15H2,1-2H3,(H,27,29). The van der Waals surface area contributed by atoms with Crippen LogP contribution in [-0.4, -0.2) is 33.4 Å². The van der Waals surface area contributed by atoms with Crippen LogP contribution in [0, 0.1) is 6.92 Å². The largest absolute Gasteiger partial charge is 0.462 e. The molecule has 0 bridgehead atoms. The van der Waals surface area contributed by atoms with Gasteiger partial charge in [-0.2, -0.15) is 0 Å². The summed E-state index contributed by atoms with van der Waals surface area (Å²) in [6.07, 6.45) is 0. The van der Waals surface area contributed by atoms with Gasteiger partial charge in [-0.1, -0.05) is 47.5 Å². The quantitative estimate of drug-likeness (QED) is 0.406. The molecule has 0 saturated heterocycles. The van der Waals surface area contributed by atoms with E-state index in [4.69, 9.17) is 27.9 Å². The molecule has 1 N–H and O–H groups in total. The molecule has 10 heteroatoms. The Bertz CT molecular complexity index is 1310. The number of carbonyl (C=O) groups excluding carboxylic acids is 2. The summed E-state index contributed by atoms with van der Waals surface area (Å²) in [5.41, 5.74) is 1.34. The average Bonchev–Trinajstić information content (AvgIpc) is 2.81. The molecular weight excluding hydrogens is 499 g/mol. The number of halogens is 2. The number of esters is 1. The molecule has 0 radical (unpaired) electrons. The highest BCUT2D eigenvalue weighted by Gasteiger charge is 2.28. The summed E-state index contributed by atoms with van der Waals surface area (Å²) in [7, 11) is -4.11. The first-order valence-electron chi connectivity index (χ1n) is 10.2. The molecule has 0 aromatic heterocycles. The van der Waals surface area contributed by atoms with Crippen molar-refractivity contribution in [3.63, 3.8) is 0 Å². The van der Waals surface area contributed by atoms with E-state index >= 15 is 0 Å². The van der Waals surface area contributed by atoms with Gasteiger partial charge >= 0.3 is 5.97 Å². The van der Waals surface area contributed by atoms with Crippen molar-refractivity contribution in [2.45, 2.75) is 18.7 Å². The summed E-state index contributed by atoms with van der Waals surface area (Å²) in [6, 6.07) is 16.8. The van der Waals surface area contributed by atoms with Gasteiger partial charge in [-0.05, 0) is 61.9 Å². The number of nitrogens with zero attached hydrogens (tertiary/aromatic N) is 1. The second-order valence-corrected chi connectivity index (χ2v) is 9.85. The lowest BCUT2D eigenvalue weighted by molar-refractivity contribution is -0.114. The zero-order chi connectivity index (χ0) is 24.9. The van der Waals surface area contributed by atoms with Crippen molar-refractivity contribution in [3.05, 3.63) is 87.9 Å². The number of ether oxygens (including phenoxy) is 1. The molecule has 0 spiro atoms. The van der Waals surface area contributed by atoms with Crippen LogP contribution in [0.1, 0.15) is 22.8 Å². The fourth-order valence-electron chi connectivity index (χ4n) is 3.20. The first kappa shape index (κ1) is 25.6. The molecule has 0 saturated carbocycles. The van der Waals surface area contributed by atoms with Crippen LogP contribution in [-0.2, 0) is 19.6 Å². The Morgan fingerprint density at radius 1 is 0.971 bits per heavy atom. The van der Waals surface area contributed by atoms with Crippen LogP contribution >= 0.6 is 23.2 Å². The lowest BCUT2D eigenvalue weighted by atomic mass is 10.1. The molecule has 1 amide bonds. The van der Waals surface area contributed by atoms with Crippen molar-refractivity contribution in [3.8, 4) is 0 Å². The van der Waals surface area contributed by atoms with Crippen LogP contribution < -0.4 is 9.62 Å². The van der Waals surface area contributed by atoms with E-state index in [-0.39, 0.29) is 27.2 Å². The predicted molar refractivity (Wildman–Crippen MR) is 133 cm³/mol. The summed E-state index contributed by atoms with van der Waals surface area (Å²) in [4.78, 5) is 25.2. The number of anilines is 2. The topological polar surface area (TPSA) is 92.8 Å². The molecule has 0 aliphatic carbocycles. The van der Waals surface area contributed by atoms with E-state index in [1.807, 2.05) is 0 Å². The summed E-state index contributed by atoms with van der Waals surface area (Å²) in [5.74, 6) is -1.13. The molecule has 3 rings (SSSR count). The van der Waals surface area contributed by atoms with Crippen molar-refractivity contribution in [2.75, 3.05) is 22.8 Å². The number of nitrogens with one attached hydrogen (secondary N) is 1. The van der Waals surface area contributed by atoms with E-state index < -0.39 is 28.4 Å². The lowest BCUT2D eigenvalue weighted by Crippen LogP contribution is -2.38. The van der Waals surface area contributed by atoms with Gasteiger partial charge in [0.05, 0.1) is 32.8 Å². The molecule has 0 aliphatic rings. The molecule has 0 atom stereocenters. The van der Waals surface area contributed by atoms with Crippen molar-refractivity contribution < 1.29 is 22.7 Å². The highest BCUT2D eigenvalue weighted by molar-refractivity contribution is 7.92. The predicted octanol–water partition coefficient (Wildman–Crippen LogP) is 5.31. The maximum Gasteiger partial charge on any atom is 0.338 e. The van der Waals surface area contributed by atoms with Gasteiger partial charge in [0.2, 0.25) is 5.91 Å². The Morgan fingerprint density at radius 2 is 1.68 bits per heavy atom. The Balaban J connectivity index is 1.95. The number of carbonyl (C=O) groups is 2. The van der Waals surface area contributed by atoms with E-state index in [1.54, 1.807) is 50.2 Å². The summed E-state index contributed by atoms with van der Waals surface area (Å²) in [5, 5.41) is 3.08. The number of benzene rings is 3. The van der Waals surface area contributed by atoms with Crippen LogP contribution in [0.4, 0.5) is 11.4 Å². The van der Waals surface area contributed by atoms with Crippen molar-refractivity contribution >= 4 is 56.5 Å². The minimum Gasteiger partial charge on any atom is -0.462 e. The second kappa shape index (κ2) is 10.9. The average molecular weight is 521 g/mol. The van der Waals surface area contributed by atoms with E-state index in [9.17, 15) is 18.0 Å². The third kappa shape index (κ3) is 5.70. The Labute approximate surface area is 208 Å². The minimum absolute atomic E-state index is 0.00867. The zero-order valence-corrected chi connectivity index (χ0v) is 20.7. The number of amides is 1. The Hall–Kier alpha value is -3.07. The molecule has 0 unspecified atom stereocenters. The van der Waals surface area contributed by atoms with E-state index in [0.29, 0.717) is 16.8 Å². The van der Waals surface area contributed by atoms with Gasteiger partial charge in [-0.25, -0.2) is 13.2 Å². The normalized spacial score (nSPS) is 11.1. The molecule has 0 heterocycles. The Morgan fingerprint density at radius 3 is 2.32 bits per heavy atom. The highest BCUT2D eigenvalue weighted by atomic mass is 35.5. The van der Waals surface area contributed by atoms with Crippen LogP contribution in [0.25, 0.3) is 0 Å². The van der Waals surface area contributed by atoms with Crippen molar-refractivity contribution in [2.24, 2.45) is 0 Å². The molecule has 3 aromatic carbocycles. The van der Waals surface area contributed by atoms with E-state index in [2.05, 4.69) is 5.32 Å². The molecule has 3 aromatic rings. The minimum atomic E-state index is -4.11. The van der Waals surface area contributed by atoms with Crippen LogP contribution in [0.5, 0.6) is 0 Å². The van der Waals surface area contributed by atoms with Crippen LogP contribution in [0.2, 0.25) is 10.0 Å². The number of sulfonamides is 1. The SMILES string of the molecule is CCOC(=O)c1cccc(NC(=O)CN(c2ccc(Cl)c(Cl)c2)S(=O)(=O)c2ccccc2)c1C. The first-order chi connectivity index (χ1) is 16.1. The summed E-state index contributed by atoms with van der Waals surface area (Å²) >= 11 is 12.1. The molecule has 178 valence electrons. The van der Waals surface area contributed by atoms with Gasteiger partial charge in [0.15, 0.2) is 0 Å². The lowest BCUT2D eigenvalue weighted by Gasteiger charge is -2.24. The van der Waals surface area contributed by atoms with Gasteiger partial charge in [0, 0.05) is 5.69 Å². The fourth-order valence-corrected chi connectivity index (χ4v) is 4.92. The number of hydrogen-bond donors (Lipinski definition) is 1. The fraction of sp³-hybridized carbons (Fsp3) is 0.167. The van der Waals surface area contributed by atoms with Gasteiger partial charge in [0.1, 0.15) is 6.54 Å². The Kier molecular flexibility index (Phi) is 8.19. The molecule has 0 fully saturated rings. The maximum atomic E-state index is 13.4. The van der Waals surface area contributed by atoms with Gasteiger partial charge in [0.25, 0.3) is 10.0 Å². The molecule has 7 nitrogen and oxygen atoms in total. The van der Waals surface area contributed by atoms with Gasteiger partial charge < -0.3 is 10.1 Å². The third-order valence-corrected chi connectivity index (χ3v) is 7.44. The third-order valence-electron chi connectivity index (χ3n) is 4.91. The second-order valence-electron chi connectivity index (χ2n) is 7.17. The van der Waals surface area contributed by atoms with E-state index in [1.165, 1.54) is 30.3 Å². The summed E-state index contributed by atoms with van der Waals surface area (Å²) in [6.45, 7) is 3.03. The molecular formula is C24H22Cl2N2O5S. The van der Waals surface area contributed by atoms with Crippen molar-refractivity contribution in [1.82, 2.24) is 0 Å². The monoisotopic (exact) mass is 520 g/mol. The highest BCUT2D eigenvalue weighted by Crippen LogP contribution is 2.30. The molecule has 0 aliphatic heterocycles. The summed E-state index contributed by atoms with van der Waals surface area (Å²) < 4.78 is 32.8. The van der Waals surface area contributed by atoms with Gasteiger partial charge in [-0.3, -0.25) is 9.10 Å². The van der Waals surface area contributed by atoms with Crippen LogP contribution in [0.15, 0.2) is 71.6 Å². The van der Waals surface area contributed by atoms with Gasteiger partial charge in [-0.15, -0.1) is 0 Å². The zero-order valence-electron chi connectivity index (χ0n) is 18.4. The first-order valence-corrected chi connectivity index (χ1v) is 12.4. The number of rotatable bonds is 8.